The Labute approximate surface area is 157 Å². The van der Waals surface area contributed by atoms with Gasteiger partial charge in [0.2, 0.25) is 0 Å². The van der Waals surface area contributed by atoms with Crippen LogP contribution >= 0.6 is 0 Å². The van der Waals surface area contributed by atoms with Crippen molar-refractivity contribution >= 4 is 11.4 Å². The predicted molar refractivity (Wildman–Crippen MR) is 101 cm³/mol. The molecule has 1 saturated heterocycles. The van der Waals surface area contributed by atoms with Crippen molar-refractivity contribution in [3.8, 4) is 11.3 Å². The van der Waals surface area contributed by atoms with Gasteiger partial charge >= 0.3 is 11.7 Å². The summed E-state index contributed by atoms with van der Waals surface area (Å²) in [5.41, 5.74) is 3.39. The van der Waals surface area contributed by atoms with Gasteiger partial charge in [-0.25, -0.2) is 4.98 Å². The lowest BCUT2D eigenvalue weighted by molar-refractivity contribution is -0.514. The minimum atomic E-state index is -0.633. The summed E-state index contributed by atoms with van der Waals surface area (Å²) in [6.45, 7) is 3.02. The molecule has 1 amide bonds. The summed E-state index contributed by atoms with van der Waals surface area (Å²) in [5.74, 6) is 0.214. The molecule has 27 heavy (non-hydrogen) atoms. The number of aryl methyl sites for hydroxylation is 1. The molecule has 3 aromatic rings. The Morgan fingerprint density at radius 1 is 1.22 bits per heavy atom. The zero-order valence-corrected chi connectivity index (χ0v) is 15.4. The highest BCUT2D eigenvalue weighted by atomic mass is 16.5. The lowest BCUT2D eigenvalue weighted by Crippen LogP contribution is -2.55. The number of H-pyrrole nitrogens is 1. The minimum Gasteiger partial charge on any atom is -0.394 e. The van der Waals surface area contributed by atoms with Gasteiger partial charge in [0.25, 0.3) is 0 Å². The maximum absolute atomic E-state index is 13.1. The fourth-order valence-corrected chi connectivity index (χ4v) is 3.58. The number of aliphatic hydroxyl groups excluding tert-OH is 1. The number of ether oxygens (including phenoxy) is 1. The molecule has 3 N–H and O–H groups in total. The van der Waals surface area contributed by atoms with Crippen LogP contribution in [0.3, 0.4) is 0 Å². The number of amides is 1. The van der Waals surface area contributed by atoms with Gasteiger partial charge in [0.15, 0.2) is 11.2 Å². The lowest BCUT2D eigenvalue weighted by Gasteiger charge is -2.35. The normalized spacial score (nSPS) is 16.4. The van der Waals surface area contributed by atoms with Crippen molar-refractivity contribution in [3.63, 3.8) is 0 Å². The summed E-state index contributed by atoms with van der Waals surface area (Å²) < 4.78 is 7.24. The van der Waals surface area contributed by atoms with Crippen LogP contribution in [0.1, 0.15) is 29.0 Å². The zero-order chi connectivity index (χ0) is 18.9. The van der Waals surface area contributed by atoms with E-state index >= 15 is 0 Å². The number of nitrogens with zero attached hydrogens (tertiary/aromatic N) is 1. The van der Waals surface area contributed by atoms with Crippen LogP contribution in [0.5, 0.6) is 0 Å². The molecule has 0 bridgehead atoms. The van der Waals surface area contributed by atoms with Crippen LogP contribution in [0.2, 0.25) is 0 Å². The first kappa shape index (κ1) is 17.7. The van der Waals surface area contributed by atoms with Crippen molar-refractivity contribution in [3.05, 3.63) is 60.0 Å². The Balaban J connectivity index is 1.73. The van der Waals surface area contributed by atoms with Crippen molar-refractivity contribution in [2.24, 2.45) is 0 Å². The second kappa shape index (κ2) is 7.13. The molecule has 2 aromatic heterocycles. The number of carbonyl (C=O) groups excluding carboxylic acids is 1. The van der Waals surface area contributed by atoms with E-state index in [0.29, 0.717) is 31.9 Å². The second-order valence-electron chi connectivity index (χ2n) is 7.18. The Morgan fingerprint density at radius 2 is 1.96 bits per heavy atom. The molecule has 0 aliphatic carbocycles. The van der Waals surface area contributed by atoms with E-state index in [4.69, 9.17) is 4.74 Å². The fourth-order valence-electron chi connectivity index (χ4n) is 3.58. The number of fused-ring (bicyclic) bond motifs is 1. The summed E-state index contributed by atoms with van der Waals surface area (Å²) in [6, 6.07) is 14.0. The smallest absolute Gasteiger partial charge is 0.351 e. The first-order chi connectivity index (χ1) is 13.1. The van der Waals surface area contributed by atoms with Crippen molar-refractivity contribution in [1.82, 2.24) is 10.3 Å². The Kier molecular flexibility index (Phi) is 4.68. The highest BCUT2D eigenvalue weighted by Gasteiger charge is 2.36. The molecule has 1 fully saturated rings. The molecule has 6 heteroatoms. The molecule has 0 saturated carbocycles. The standard InChI is InChI=1S/C21H23N3O3/c1-15-5-7-16(8-6-15)18-17-4-2-3-11-24(17)19(22-18)20(26)23-21(14-25)9-12-27-13-10-21/h2-8,11,25H,9-10,12-14H2,1H3,(H,23,26)/p+1. The van der Waals surface area contributed by atoms with Gasteiger partial charge in [0.05, 0.1) is 18.3 Å². The molecular weight excluding hydrogens is 342 g/mol. The molecule has 1 aliphatic heterocycles. The van der Waals surface area contributed by atoms with Gasteiger partial charge in [-0.15, -0.1) is 0 Å². The highest BCUT2D eigenvalue weighted by molar-refractivity contribution is 5.92. The van der Waals surface area contributed by atoms with Crippen molar-refractivity contribution < 1.29 is 19.0 Å². The maximum Gasteiger partial charge on any atom is 0.351 e. The van der Waals surface area contributed by atoms with Gasteiger partial charge in [-0.1, -0.05) is 35.9 Å². The van der Waals surface area contributed by atoms with Crippen LogP contribution in [0.15, 0.2) is 48.7 Å². The Bertz CT molecular complexity index is 956. The van der Waals surface area contributed by atoms with Gasteiger partial charge in [-0.3, -0.25) is 4.79 Å². The summed E-state index contributed by atoms with van der Waals surface area (Å²) in [6.07, 6.45) is 3.07. The molecule has 0 radical (unpaired) electrons. The molecule has 1 aromatic carbocycles. The molecule has 3 heterocycles. The van der Waals surface area contributed by atoms with Crippen LogP contribution in [0.4, 0.5) is 0 Å². The number of imidazole rings is 1. The minimum absolute atomic E-state index is 0.101. The van der Waals surface area contributed by atoms with Crippen LogP contribution in [0.25, 0.3) is 16.8 Å². The van der Waals surface area contributed by atoms with Crippen LogP contribution in [-0.2, 0) is 4.74 Å². The van der Waals surface area contributed by atoms with E-state index in [9.17, 15) is 9.90 Å². The number of hydrogen-bond acceptors (Lipinski definition) is 3. The van der Waals surface area contributed by atoms with Crippen molar-refractivity contribution in [1.29, 1.82) is 0 Å². The second-order valence-corrected chi connectivity index (χ2v) is 7.18. The summed E-state index contributed by atoms with van der Waals surface area (Å²) >= 11 is 0. The fraction of sp³-hybridized carbons (Fsp3) is 0.333. The number of pyridine rings is 1. The first-order valence-electron chi connectivity index (χ1n) is 9.22. The molecule has 0 unspecified atom stereocenters. The maximum atomic E-state index is 13.1. The van der Waals surface area contributed by atoms with Gasteiger partial charge in [0, 0.05) is 18.8 Å². The van der Waals surface area contributed by atoms with E-state index < -0.39 is 5.54 Å². The molecular formula is C21H24N3O3+. The topological polar surface area (TPSA) is 78.5 Å². The monoisotopic (exact) mass is 366 g/mol. The average molecular weight is 366 g/mol. The zero-order valence-electron chi connectivity index (χ0n) is 15.4. The Morgan fingerprint density at radius 3 is 2.67 bits per heavy atom. The van der Waals surface area contributed by atoms with Crippen LogP contribution < -0.4 is 9.72 Å². The SMILES string of the molecule is Cc1ccc(-c2[nH]c(C(=O)NC3(CO)CCOCC3)[n+]3ccccc23)cc1. The third-order valence-electron chi connectivity index (χ3n) is 5.29. The molecule has 0 spiro atoms. The molecule has 0 atom stereocenters. The summed E-state index contributed by atoms with van der Waals surface area (Å²) in [4.78, 5) is 16.4. The Hall–Kier alpha value is -2.70. The molecule has 1 aliphatic rings. The third kappa shape index (κ3) is 3.34. The number of hydrogen-bond donors (Lipinski definition) is 3. The van der Waals surface area contributed by atoms with Gasteiger partial charge in [0.1, 0.15) is 0 Å². The van der Waals surface area contributed by atoms with Crippen molar-refractivity contribution in [2.75, 3.05) is 19.8 Å². The van der Waals surface area contributed by atoms with Crippen LogP contribution in [0, 0.1) is 6.92 Å². The van der Waals surface area contributed by atoms with E-state index in [1.165, 1.54) is 5.56 Å². The number of aromatic nitrogens is 2. The summed E-state index contributed by atoms with van der Waals surface area (Å²) in [7, 11) is 0. The van der Waals surface area contributed by atoms with Crippen LogP contribution in [-0.4, -0.2) is 41.4 Å². The van der Waals surface area contributed by atoms with E-state index in [1.807, 2.05) is 47.9 Å². The average Bonchev–Trinajstić information content (AvgIpc) is 3.09. The molecule has 4 rings (SSSR count). The summed E-state index contributed by atoms with van der Waals surface area (Å²) in [5, 5.41) is 12.9. The number of aliphatic hydroxyl groups is 1. The number of rotatable bonds is 4. The lowest BCUT2D eigenvalue weighted by atomic mass is 9.91. The number of nitrogens with one attached hydrogen (secondary N) is 2. The van der Waals surface area contributed by atoms with E-state index in [2.05, 4.69) is 22.4 Å². The molecule has 6 nitrogen and oxygen atoms in total. The third-order valence-corrected chi connectivity index (χ3v) is 5.29. The van der Waals surface area contributed by atoms with Crippen molar-refractivity contribution in [2.45, 2.75) is 25.3 Å². The largest absolute Gasteiger partial charge is 0.394 e. The predicted octanol–water partition coefficient (Wildman–Crippen LogP) is 2.00. The number of aromatic amines is 1. The number of benzene rings is 1. The highest BCUT2D eigenvalue weighted by Crippen LogP contribution is 2.24. The quantitative estimate of drug-likeness (QED) is 0.618. The van der Waals surface area contributed by atoms with Gasteiger partial charge in [-0.05, 0) is 31.9 Å². The van der Waals surface area contributed by atoms with Gasteiger partial charge in [-0.2, -0.15) is 4.40 Å². The van der Waals surface area contributed by atoms with E-state index in [-0.39, 0.29) is 12.5 Å². The number of carbonyl (C=O) groups is 1. The van der Waals surface area contributed by atoms with E-state index in [0.717, 1.165) is 16.8 Å². The first-order valence-corrected chi connectivity index (χ1v) is 9.22. The molecule has 140 valence electrons. The van der Waals surface area contributed by atoms with E-state index in [1.54, 1.807) is 0 Å². The van der Waals surface area contributed by atoms with Gasteiger partial charge < -0.3 is 15.2 Å².